The molecule has 2 nitrogen and oxygen atoms in total. The Kier molecular flexibility index (Phi) is 8.72. The van der Waals surface area contributed by atoms with Crippen LogP contribution in [-0.2, 0) is 0 Å². The van der Waals surface area contributed by atoms with Crippen LogP contribution in [0.1, 0.15) is 96.8 Å². The van der Waals surface area contributed by atoms with Crippen LogP contribution >= 0.6 is 0 Å². The first-order valence-electron chi connectivity index (χ1n) is 8.59. The number of aliphatic hydroxyl groups excluding tert-OH is 1. The molecule has 2 N–H and O–H groups in total. The van der Waals surface area contributed by atoms with E-state index in [2.05, 4.69) is 6.92 Å². The second kappa shape index (κ2) is 9.77. The molecule has 0 aromatic heterocycles. The Balaban J connectivity index is 2.10. The van der Waals surface area contributed by atoms with Crippen molar-refractivity contribution in [3.63, 3.8) is 0 Å². The van der Waals surface area contributed by atoms with Crippen LogP contribution in [-0.4, -0.2) is 21.9 Å². The second-order valence-electron chi connectivity index (χ2n) is 6.44. The van der Waals surface area contributed by atoms with E-state index in [1.54, 1.807) is 0 Å². The Hall–Kier alpha value is -0.0800. The highest BCUT2D eigenvalue weighted by molar-refractivity contribution is 4.87. The van der Waals surface area contributed by atoms with Crippen molar-refractivity contribution in [3.8, 4) is 0 Å². The fourth-order valence-corrected chi connectivity index (χ4v) is 3.24. The van der Waals surface area contributed by atoms with Crippen molar-refractivity contribution in [3.05, 3.63) is 0 Å². The van der Waals surface area contributed by atoms with Crippen molar-refractivity contribution in [1.82, 2.24) is 0 Å². The zero-order chi connectivity index (χ0) is 14.0. The molecular formula is C17H34O2. The minimum Gasteiger partial charge on any atom is -0.390 e. The lowest BCUT2D eigenvalue weighted by Gasteiger charge is -2.32. The van der Waals surface area contributed by atoms with Gasteiger partial charge in [0.15, 0.2) is 0 Å². The number of rotatable bonds is 9. The third-order valence-electron chi connectivity index (χ3n) is 4.67. The molecule has 2 heteroatoms. The molecule has 0 radical (unpaired) electrons. The predicted octanol–water partition coefficient (Wildman–Crippen LogP) is 4.57. The van der Waals surface area contributed by atoms with E-state index in [9.17, 15) is 10.2 Å². The van der Waals surface area contributed by atoms with Crippen molar-refractivity contribution in [2.45, 2.75) is 109 Å². The fourth-order valence-electron chi connectivity index (χ4n) is 3.24. The minimum absolute atomic E-state index is 0.499. The van der Waals surface area contributed by atoms with Crippen LogP contribution < -0.4 is 0 Å². The molecule has 1 aliphatic carbocycles. The molecule has 0 aliphatic heterocycles. The van der Waals surface area contributed by atoms with Crippen LogP contribution in [0.15, 0.2) is 0 Å². The van der Waals surface area contributed by atoms with Gasteiger partial charge in [0.25, 0.3) is 0 Å². The Morgan fingerprint density at radius 2 is 1.37 bits per heavy atom. The maximum absolute atomic E-state index is 10.5. The standard InChI is InChI=1S/C17H34O2/c1-2-3-4-5-6-7-10-13-16(18)17(19)14-11-8-9-12-15-17/h16,18-19H,2-15H2,1H3. The van der Waals surface area contributed by atoms with Gasteiger partial charge in [0, 0.05) is 0 Å². The number of aliphatic hydroxyl groups is 2. The fraction of sp³-hybridized carbons (Fsp3) is 1.00. The van der Waals surface area contributed by atoms with Gasteiger partial charge in [-0.2, -0.15) is 0 Å². The van der Waals surface area contributed by atoms with Crippen LogP contribution in [0.3, 0.4) is 0 Å². The van der Waals surface area contributed by atoms with E-state index >= 15 is 0 Å². The van der Waals surface area contributed by atoms with Crippen molar-refractivity contribution in [2.75, 3.05) is 0 Å². The second-order valence-corrected chi connectivity index (χ2v) is 6.44. The Labute approximate surface area is 119 Å². The van der Waals surface area contributed by atoms with Gasteiger partial charge < -0.3 is 10.2 Å². The molecule has 1 rings (SSSR count). The summed E-state index contributed by atoms with van der Waals surface area (Å²) in [5.41, 5.74) is -0.779. The van der Waals surface area contributed by atoms with Crippen LogP contribution in [0.25, 0.3) is 0 Å². The van der Waals surface area contributed by atoms with E-state index in [1.807, 2.05) is 0 Å². The molecular weight excluding hydrogens is 236 g/mol. The topological polar surface area (TPSA) is 40.5 Å². The first-order valence-corrected chi connectivity index (χ1v) is 8.59. The summed E-state index contributed by atoms with van der Waals surface area (Å²) in [5, 5.41) is 20.8. The average molecular weight is 270 g/mol. The summed E-state index contributed by atoms with van der Waals surface area (Å²) in [6, 6.07) is 0. The zero-order valence-corrected chi connectivity index (χ0v) is 12.9. The Bertz CT molecular complexity index is 207. The normalized spacial score (nSPS) is 21.0. The molecule has 0 heterocycles. The van der Waals surface area contributed by atoms with Crippen LogP contribution in [0.2, 0.25) is 0 Å². The number of hydrogen-bond acceptors (Lipinski definition) is 2. The molecule has 1 saturated carbocycles. The lowest BCUT2D eigenvalue weighted by Crippen LogP contribution is -2.41. The third kappa shape index (κ3) is 6.76. The van der Waals surface area contributed by atoms with Gasteiger partial charge in [0.1, 0.15) is 0 Å². The van der Waals surface area contributed by atoms with Crippen molar-refractivity contribution < 1.29 is 10.2 Å². The van der Waals surface area contributed by atoms with Crippen molar-refractivity contribution in [1.29, 1.82) is 0 Å². The van der Waals surface area contributed by atoms with E-state index < -0.39 is 11.7 Å². The molecule has 0 aromatic carbocycles. The molecule has 1 atom stereocenters. The summed E-state index contributed by atoms with van der Waals surface area (Å²) in [7, 11) is 0. The van der Waals surface area contributed by atoms with Crippen LogP contribution in [0.4, 0.5) is 0 Å². The van der Waals surface area contributed by atoms with E-state index in [4.69, 9.17) is 0 Å². The van der Waals surface area contributed by atoms with Gasteiger partial charge in [-0.1, -0.05) is 77.6 Å². The van der Waals surface area contributed by atoms with E-state index in [1.165, 1.54) is 51.4 Å². The van der Waals surface area contributed by atoms with Gasteiger partial charge in [-0.15, -0.1) is 0 Å². The first-order chi connectivity index (χ1) is 9.19. The van der Waals surface area contributed by atoms with Gasteiger partial charge in [0.05, 0.1) is 11.7 Å². The summed E-state index contributed by atoms with van der Waals surface area (Å²) >= 11 is 0. The quantitative estimate of drug-likeness (QED) is 0.476. The highest BCUT2D eigenvalue weighted by Gasteiger charge is 2.35. The molecule has 114 valence electrons. The van der Waals surface area contributed by atoms with E-state index in [-0.39, 0.29) is 0 Å². The van der Waals surface area contributed by atoms with E-state index in [0.29, 0.717) is 0 Å². The lowest BCUT2D eigenvalue weighted by molar-refractivity contribution is -0.0880. The highest BCUT2D eigenvalue weighted by atomic mass is 16.3. The summed E-state index contributed by atoms with van der Waals surface area (Å²) in [4.78, 5) is 0. The molecule has 0 saturated heterocycles. The molecule has 1 unspecified atom stereocenters. The molecule has 1 aliphatic rings. The molecule has 0 aromatic rings. The monoisotopic (exact) mass is 270 g/mol. The van der Waals surface area contributed by atoms with Gasteiger partial charge in [-0.05, 0) is 19.3 Å². The largest absolute Gasteiger partial charge is 0.390 e. The van der Waals surface area contributed by atoms with Crippen molar-refractivity contribution in [2.24, 2.45) is 0 Å². The maximum atomic E-state index is 10.5. The number of hydrogen-bond donors (Lipinski definition) is 2. The van der Waals surface area contributed by atoms with Gasteiger partial charge in [-0.3, -0.25) is 0 Å². The molecule has 0 bridgehead atoms. The third-order valence-corrected chi connectivity index (χ3v) is 4.67. The van der Waals surface area contributed by atoms with E-state index in [0.717, 1.165) is 38.5 Å². The first kappa shape index (κ1) is 17.0. The highest BCUT2D eigenvalue weighted by Crippen LogP contribution is 2.31. The number of unbranched alkanes of at least 4 members (excludes halogenated alkanes) is 6. The maximum Gasteiger partial charge on any atom is 0.0905 e. The Morgan fingerprint density at radius 1 is 0.842 bits per heavy atom. The molecule has 1 fully saturated rings. The molecule has 0 spiro atoms. The van der Waals surface area contributed by atoms with Crippen LogP contribution in [0.5, 0.6) is 0 Å². The molecule has 19 heavy (non-hydrogen) atoms. The molecule has 0 amide bonds. The SMILES string of the molecule is CCCCCCCCCC(O)C1(O)CCCCCC1. The van der Waals surface area contributed by atoms with Crippen LogP contribution in [0, 0.1) is 0 Å². The average Bonchev–Trinajstić information content (AvgIpc) is 2.63. The summed E-state index contributed by atoms with van der Waals surface area (Å²) in [6.45, 7) is 2.24. The minimum atomic E-state index is -0.779. The smallest absolute Gasteiger partial charge is 0.0905 e. The van der Waals surface area contributed by atoms with Gasteiger partial charge in [0.2, 0.25) is 0 Å². The lowest BCUT2D eigenvalue weighted by atomic mass is 9.85. The predicted molar refractivity (Wildman–Crippen MR) is 81.3 cm³/mol. The van der Waals surface area contributed by atoms with Crippen molar-refractivity contribution >= 4 is 0 Å². The Morgan fingerprint density at radius 3 is 1.95 bits per heavy atom. The summed E-state index contributed by atoms with van der Waals surface area (Å²) < 4.78 is 0. The van der Waals surface area contributed by atoms with Gasteiger partial charge >= 0.3 is 0 Å². The summed E-state index contributed by atoms with van der Waals surface area (Å²) in [5.74, 6) is 0. The zero-order valence-electron chi connectivity index (χ0n) is 12.9. The summed E-state index contributed by atoms with van der Waals surface area (Å²) in [6.07, 6.45) is 15.3. The van der Waals surface area contributed by atoms with Gasteiger partial charge in [-0.25, -0.2) is 0 Å².